The van der Waals surface area contributed by atoms with Gasteiger partial charge in [0.25, 0.3) is 0 Å². The molecule has 3 nitrogen and oxygen atoms in total. The zero-order valence-corrected chi connectivity index (χ0v) is 13.5. The van der Waals surface area contributed by atoms with E-state index in [0.29, 0.717) is 5.41 Å². The molecule has 0 spiro atoms. The monoisotopic (exact) mass is 291 g/mol. The van der Waals surface area contributed by atoms with Crippen LogP contribution < -0.4 is 10.6 Å². The smallest absolute Gasteiger partial charge is 0.126 e. The van der Waals surface area contributed by atoms with E-state index in [1.54, 1.807) is 11.8 Å². The number of piperidine rings is 1. The highest BCUT2D eigenvalue weighted by molar-refractivity contribution is 7.99. The number of rotatable bonds is 4. The van der Waals surface area contributed by atoms with E-state index < -0.39 is 0 Å². The molecule has 1 heterocycles. The van der Waals surface area contributed by atoms with Gasteiger partial charge in [-0.3, -0.25) is 5.41 Å². The zero-order chi connectivity index (χ0) is 14.8. The molecular weight excluding hydrogens is 266 g/mol. The van der Waals surface area contributed by atoms with E-state index >= 15 is 0 Å². The van der Waals surface area contributed by atoms with Crippen LogP contribution >= 0.6 is 11.8 Å². The van der Waals surface area contributed by atoms with Crippen molar-refractivity contribution in [3.05, 3.63) is 23.8 Å². The van der Waals surface area contributed by atoms with Gasteiger partial charge in [-0.2, -0.15) is 0 Å². The van der Waals surface area contributed by atoms with Crippen molar-refractivity contribution in [2.45, 2.75) is 38.5 Å². The molecule has 1 fully saturated rings. The van der Waals surface area contributed by atoms with Crippen molar-refractivity contribution in [2.75, 3.05) is 23.7 Å². The summed E-state index contributed by atoms with van der Waals surface area (Å²) in [4.78, 5) is 3.53. The van der Waals surface area contributed by atoms with Crippen molar-refractivity contribution in [3.63, 3.8) is 0 Å². The molecule has 1 aromatic rings. The molecule has 1 saturated heterocycles. The van der Waals surface area contributed by atoms with Gasteiger partial charge in [-0.05, 0) is 36.1 Å². The second kappa shape index (κ2) is 6.08. The SMILES string of the molecule is CCSc1cccc(N2CCCC(C)(C)C2)c1C(=N)N. The summed E-state index contributed by atoms with van der Waals surface area (Å²) in [6, 6.07) is 6.27. The Morgan fingerprint density at radius 2 is 2.20 bits per heavy atom. The molecule has 0 bridgehead atoms. The molecule has 1 aliphatic heterocycles. The minimum Gasteiger partial charge on any atom is -0.384 e. The van der Waals surface area contributed by atoms with Gasteiger partial charge in [0.2, 0.25) is 0 Å². The third-order valence-corrected chi connectivity index (χ3v) is 4.75. The van der Waals surface area contributed by atoms with Crippen LogP contribution in [-0.2, 0) is 0 Å². The standard InChI is InChI=1S/C16H25N3S/c1-4-20-13-8-5-7-12(14(13)15(17)18)19-10-6-9-16(2,3)11-19/h5,7-8H,4,6,9-11H2,1-3H3,(H3,17,18). The van der Waals surface area contributed by atoms with Crippen molar-refractivity contribution in [2.24, 2.45) is 11.1 Å². The first-order valence-corrected chi connectivity index (χ1v) is 8.28. The topological polar surface area (TPSA) is 53.1 Å². The van der Waals surface area contributed by atoms with Gasteiger partial charge in [-0.25, -0.2) is 0 Å². The zero-order valence-electron chi connectivity index (χ0n) is 12.7. The lowest BCUT2D eigenvalue weighted by Crippen LogP contribution is -2.41. The molecule has 0 unspecified atom stereocenters. The van der Waals surface area contributed by atoms with Crippen LogP contribution in [0.25, 0.3) is 0 Å². The summed E-state index contributed by atoms with van der Waals surface area (Å²) in [5.41, 5.74) is 8.24. The van der Waals surface area contributed by atoms with Crippen molar-refractivity contribution in [1.29, 1.82) is 5.41 Å². The predicted octanol–water partition coefficient (Wildman–Crippen LogP) is 3.71. The van der Waals surface area contributed by atoms with Crippen molar-refractivity contribution >= 4 is 23.3 Å². The number of benzene rings is 1. The summed E-state index contributed by atoms with van der Waals surface area (Å²) in [5, 5.41) is 7.95. The third kappa shape index (κ3) is 3.29. The Hall–Kier alpha value is -1.16. The van der Waals surface area contributed by atoms with Gasteiger partial charge in [-0.1, -0.05) is 26.8 Å². The summed E-state index contributed by atoms with van der Waals surface area (Å²) in [7, 11) is 0. The maximum Gasteiger partial charge on any atom is 0.126 e. The second-order valence-corrected chi connectivity index (χ2v) is 7.49. The first-order chi connectivity index (χ1) is 9.44. The van der Waals surface area contributed by atoms with Gasteiger partial charge in [0.05, 0.1) is 5.56 Å². The number of anilines is 1. The molecule has 4 heteroatoms. The number of nitrogen functional groups attached to an aromatic ring is 1. The number of nitrogens with two attached hydrogens (primary N) is 1. The van der Waals surface area contributed by atoms with Crippen LogP contribution in [0.4, 0.5) is 5.69 Å². The number of amidine groups is 1. The van der Waals surface area contributed by atoms with Crippen LogP contribution in [0.2, 0.25) is 0 Å². The van der Waals surface area contributed by atoms with E-state index in [1.165, 1.54) is 12.8 Å². The van der Waals surface area contributed by atoms with E-state index in [1.807, 2.05) is 0 Å². The largest absolute Gasteiger partial charge is 0.384 e. The van der Waals surface area contributed by atoms with Crippen molar-refractivity contribution in [3.8, 4) is 0 Å². The van der Waals surface area contributed by atoms with Gasteiger partial charge in [0, 0.05) is 23.7 Å². The van der Waals surface area contributed by atoms with Gasteiger partial charge in [0.15, 0.2) is 0 Å². The van der Waals surface area contributed by atoms with Crippen LogP contribution in [-0.4, -0.2) is 24.7 Å². The molecule has 20 heavy (non-hydrogen) atoms. The number of nitrogens with one attached hydrogen (secondary N) is 1. The Labute approximate surface area is 126 Å². The Kier molecular flexibility index (Phi) is 4.63. The Bertz CT molecular complexity index is 496. The normalized spacial score (nSPS) is 18.1. The quantitative estimate of drug-likeness (QED) is 0.505. The third-order valence-electron chi connectivity index (χ3n) is 3.81. The fraction of sp³-hybridized carbons (Fsp3) is 0.562. The number of hydrogen-bond acceptors (Lipinski definition) is 3. The first kappa shape index (κ1) is 15.2. The van der Waals surface area contributed by atoms with Gasteiger partial charge >= 0.3 is 0 Å². The highest BCUT2D eigenvalue weighted by Crippen LogP contribution is 2.36. The molecule has 0 amide bonds. The van der Waals surface area contributed by atoms with E-state index in [4.69, 9.17) is 11.1 Å². The summed E-state index contributed by atoms with van der Waals surface area (Å²) in [6.07, 6.45) is 2.47. The van der Waals surface area contributed by atoms with E-state index in [-0.39, 0.29) is 5.84 Å². The summed E-state index contributed by atoms with van der Waals surface area (Å²) >= 11 is 1.76. The van der Waals surface area contributed by atoms with Crippen LogP contribution in [0.3, 0.4) is 0 Å². The molecule has 0 radical (unpaired) electrons. The molecule has 0 atom stereocenters. The second-order valence-electron chi connectivity index (χ2n) is 6.19. The molecule has 1 aliphatic rings. The molecule has 1 aromatic carbocycles. The minimum atomic E-state index is 0.180. The lowest BCUT2D eigenvalue weighted by atomic mass is 9.84. The van der Waals surface area contributed by atoms with E-state index in [2.05, 4.69) is 43.9 Å². The summed E-state index contributed by atoms with van der Waals surface area (Å²) in [5.74, 6) is 1.18. The summed E-state index contributed by atoms with van der Waals surface area (Å²) in [6.45, 7) is 8.86. The maximum absolute atomic E-state index is 7.95. The van der Waals surface area contributed by atoms with Gasteiger partial charge < -0.3 is 10.6 Å². The lowest BCUT2D eigenvalue weighted by molar-refractivity contribution is 0.293. The van der Waals surface area contributed by atoms with Crippen LogP contribution in [0.15, 0.2) is 23.1 Å². The molecule has 0 saturated carbocycles. The van der Waals surface area contributed by atoms with Crippen LogP contribution in [0.5, 0.6) is 0 Å². The molecule has 3 N–H and O–H groups in total. The number of thioether (sulfide) groups is 1. The van der Waals surface area contributed by atoms with Gasteiger partial charge in [-0.15, -0.1) is 11.8 Å². The van der Waals surface area contributed by atoms with Crippen molar-refractivity contribution < 1.29 is 0 Å². The molecule has 110 valence electrons. The fourth-order valence-electron chi connectivity index (χ4n) is 2.96. The first-order valence-electron chi connectivity index (χ1n) is 7.30. The van der Waals surface area contributed by atoms with E-state index in [9.17, 15) is 0 Å². The Balaban J connectivity index is 2.40. The number of nitrogens with zero attached hydrogens (tertiary/aromatic N) is 1. The molecule has 0 aliphatic carbocycles. The van der Waals surface area contributed by atoms with Crippen LogP contribution in [0, 0.1) is 10.8 Å². The fourth-order valence-corrected chi connectivity index (χ4v) is 3.80. The Morgan fingerprint density at radius 1 is 1.45 bits per heavy atom. The molecular formula is C16H25N3S. The van der Waals surface area contributed by atoms with E-state index in [0.717, 1.165) is 35.0 Å². The highest BCUT2D eigenvalue weighted by Gasteiger charge is 2.28. The molecule has 0 aromatic heterocycles. The highest BCUT2D eigenvalue weighted by atomic mass is 32.2. The van der Waals surface area contributed by atoms with Gasteiger partial charge in [0.1, 0.15) is 5.84 Å². The minimum absolute atomic E-state index is 0.180. The average Bonchev–Trinajstić information content (AvgIpc) is 2.37. The maximum atomic E-state index is 7.95. The lowest BCUT2D eigenvalue weighted by Gasteiger charge is -2.40. The average molecular weight is 291 g/mol. The summed E-state index contributed by atoms with van der Waals surface area (Å²) < 4.78 is 0. The van der Waals surface area contributed by atoms with Crippen LogP contribution in [0.1, 0.15) is 39.2 Å². The molecule has 2 rings (SSSR count). The Morgan fingerprint density at radius 3 is 2.80 bits per heavy atom. The number of hydrogen-bond donors (Lipinski definition) is 2. The predicted molar refractivity (Wildman–Crippen MR) is 89.1 cm³/mol. The van der Waals surface area contributed by atoms with Crippen molar-refractivity contribution in [1.82, 2.24) is 0 Å².